The smallest absolute Gasteiger partial charge is 0.168 e. The molecule has 1 heterocycles. The Morgan fingerprint density at radius 3 is 3.08 bits per heavy atom. The van der Waals surface area contributed by atoms with E-state index < -0.39 is 0 Å². The van der Waals surface area contributed by atoms with Gasteiger partial charge in [0.1, 0.15) is 5.69 Å². The van der Waals surface area contributed by atoms with Gasteiger partial charge in [-0.3, -0.25) is 0 Å². The van der Waals surface area contributed by atoms with E-state index in [0.29, 0.717) is 10.4 Å². The lowest BCUT2D eigenvalue weighted by molar-refractivity contribution is 0.450. The molecule has 0 aliphatic carbocycles. The molecule has 2 nitrogen and oxygen atoms in total. The zero-order chi connectivity index (χ0) is 8.55. The van der Waals surface area contributed by atoms with Crippen LogP contribution in [-0.2, 0) is 5.33 Å². The average Bonchev–Trinajstić information content (AvgIpc) is 2.49. The molecule has 0 saturated carbocycles. The van der Waals surface area contributed by atoms with Crippen molar-refractivity contribution in [1.82, 2.24) is 5.16 Å². The molecule has 0 aliphatic rings. The Morgan fingerprint density at radius 1 is 1.50 bits per heavy atom. The molecule has 4 heteroatoms. The maximum Gasteiger partial charge on any atom is 0.168 e. The Hall–Kier alpha value is -0.540. The molecule has 1 aromatic carbocycles. The molecule has 0 bridgehead atoms. The van der Waals surface area contributed by atoms with Crippen LogP contribution in [0.25, 0.3) is 11.0 Å². The van der Waals surface area contributed by atoms with Crippen LogP contribution in [-0.4, -0.2) is 5.16 Å². The molecule has 0 fully saturated rings. The van der Waals surface area contributed by atoms with Gasteiger partial charge < -0.3 is 4.52 Å². The number of hydrogen-bond donors (Lipinski definition) is 0. The predicted octanol–water partition coefficient (Wildman–Crippen LogP) is 3.38. The van der Waals surface area contributed by atoms with Crippen molar-refractivity contribution in [2.24, 2.45) is 0 Å². The molecule has 0 N–H and O–H groups in total. The van der Waals surface area contributed by atoms with Gasteiger partial charge in [0.15, 0.2) is 5.58 Å². The highest BCUT2D eigenvalue weighted by atomic mass is 79.9. The van der Waals surface area contributed by atoms with Gasteiger partial charge in [0.25, 0.3) is 0 Å². The first-order chi connectivity index (χ1) is 5.83. The van der Waals surface area contributed by atoms with Crippen LogP contribution in [0.3, 0.4) is 0 Å². The number of nitrogens with zero attached hydrogens (tertiary/aromatic N) is 1. The van der Waals surface area contributed by atoms with Crippen molar-refractivity contribution in [2.75, 3.05) is 0 Å². The maximum absolute atomic E-state index is 5.96. The lowest BCUT2D eigenvalue weighted by atomic mass is 10.2. The normalized spacial score (nSPS) is 10.8. The van der Waals surface area contributed by atoms with Crippen LogP contribution in [0, 0.1) is 0 Å². The fraction of sp³-hybridized carbons (Fsp3) is 0.125. The van der Waals surface area contributed by atoms with Crippen LogP contribution in [0.4, 0.5) is 0 Å². The van der Waals surface area contributed by atoms with E-state index >= 15 is 0 Å². The molecule has 1 aromatic heterocycles. The molecule has 0 unspecified atom stereocenters. The lowest BCUT2D eigenvalue weighted by Crippen LogP contribution is -1.76. The Labute approximate surface area is 82.6 Å². The van der Waals surface area contributed by atoms with Crippen LogP contribution < -0.4 is 0 Å². The van der Waals surface area contributed by atoms with E-state index in [2.05, 4.69) is 21.1 Å². The van der Waals surface area contributed by atoms with Crippen molar-refractivity contribution < 1.29 is 4.52 Å². The summed E-state index contributed by atoms with van der Waals surface area (Å²) in [5.41, 5.74) is 1.58. The van der Waals surface area contributed by atoms with Gasteiger partial charge in [-0.2, -0.15) is 0 Å². The van der Waals surface area contributed by atoms with Gasteiger partial charge in [-0.15, -0.1) is 0 Å². The molecular weight excluding hydrogens is 241 g/mol. The fourth-order valence-corrected chi connectivity index (χ4v) is 1.76. The Bertz CT molecular complexity index is 412. The summed E-state index contributed by atoms with van der Waals surface area (Å²) in [6, 6.07) is 5.52. The van der Waals surface area contributed by atoms with Gasteiger partial charge in [0, 0.05) is 5.33 Å². The average molecular weight is 246 g/mol. The molecule has 62 valence electrons. The summed E-state index contributed by atoms with van der Waals surface area (Å²) in [5, 5.41) is 6.11. The molecule has 2 rings (SSSR count). The van der Waals surface area contributed by atoms with E-state index in [-0.39, 0.29) is 0 Å². The number of benzene rings is 1. The van der Waals surface area contributed by atoms with Crippen LogP contribution in [0.1, 0.15) is 5.69 Å². The molecule has 0 amide bonds. The zero-order valence-electron chi connectivity index (χ0n) is 6.05. The monoisotopic (exact) mass is 245 g/mol. The summed E-state index contributed by atoms with van der Waals surface area (Å²) in [6.45, 7) is 0. The van der Waals surface area contributed by atoms with Crippen LogP contribution in [0.2, 0.25) is 5.02 Å². The van der Waals surface area contributed by atoms with Gasteiger partial charge >= 0.3 is 0 Å². The number of hydrogen-bond acceptors (Lipinski definition) is 2. The second-order valence-corrected chi connectivity index (χ2v) is 3.34. The van der Waals surface area contributed by atoms with Crippen LogP contribution >= 0.6 is 27.5 Å². The highest BCUT2D eigenvalue weighted by Crippen LogP contribution is 2.27. The van der Waals surface area contributed by atoms with E-state index in [9.17, 15) is 0 Å². The number of halogens is 2. The molecule has 2 aromatic rings. The van der Waals surface area contributed by atoms with Crippen molar-refractivity contribution in [2.45, 2.75) is 5.33 Å². The summed E-state index contributed by atoms with van der Waals surface area (Å²) in [7, 11) is 0. The Morgan fingerprint density at radius 2 is 2.33 bits per heavy atom. The van der Waals surface area contributed by atoms with Gasteiger partial charge in [0.2, 0.25) is 0 Å². The van der Waals surface area contributed by atoms with E-state index in [0.717, 1.165) is 16.7 Å². The number of rotatable bonds is 1. The van der Waals surface area contributed by atoms with Crippen LogP contribution in [0.15, 0.2) is 22.7 Å². The first-order valence-electron chi connectivity index (χ1n) is 3.41. The minimum atomic E-state index is 0.656. The van der Waals surface area contributed by atoms with Gasteiger partial charge in [-0.25, -0.2) is 0 Å². The summed E-state index contributed by atoms with van der Waals surface area (Å²) >= 11 is 9.27. The van der Waals surface area contributed by atoms with E-state index in [1.54, 1.807) is 0 Å². The van der Waals surface area contributed by atoms with E-state index in [1.807, 2.05) is 18.2 Å². The SMILES string of the molecule is Clc1cccc2onc(CBr)c12. The highest BCUT2D eigenvalue weighted by molar-refractivity contribution is 9.08. The standard InChI is InChI=1S/C8H5BrClNO/c9-4-6-8-5(10)2-1-3-7(8)12-11-6/h1-3H,4H2. The molecule has 0 saturated heterocycles. The summed E-state index contributed by atoms with van der Waals surface area (Å²) in [6.07, 6.45) is 0. The second kappa shape index (κ2) is 3.07. The molecule has 12 heavy (non-hydrogen) atoms. The number of fused-ring (bicyclic) bond motifs is 1. The van der Waals surface area contributed by atoms with Crippen molar-refractivity contribution >= 4 is 38.5 Å². The molecule has 0 spiro atoms. The maximum atomic E-state index is 5.96. The zero-order valence-corrected chi connectivity index (χ0v) is 8.39. The second-order valence-electron chi connectivity index (χ2n) is 2.38. The van der Waals surface area contributed by atoms with Crippen molar-refractivity contribution in [3.05, 3.63) is 28.9 Å². The fourth-order valence-electron chi connectivity index (χ4n) is 1.10. The number of aromatic nitrogens is 1. The topological polar surface area (TPSA) is 26.0 Å². The first kappa shape index (κ1) is 8.08. The highest BCUT2D eigenvalue weighted by Gasteiger charge is 2.09. The lowest BCUT2D eigenvalue weighted by Gasteiger charge is -1.91. The Kier molecular flexibility index (Phi) is 2.07. The van der Waals surface area contributed by atoms with Gasteiger partial charge in [-0.1, -0.05) is 38.8 Å². The minimum Gasteiger partial charge on any atom is -0.356 e. The quantitative estimate of drug-likeness (QED) is 0.721. The largest absolute Gasteiger partial charge is 0.356 e. The molecule has 0 atom stereocenters. The van der Waals surface area contributed by atoms with Crippen molar-refractivity contribution in [3.63, 3.8) is 0 Å². The van der Waals surface area contributed by atoms with E-state index in [4.69, 9.17) is 16.1 Å². The predicted molar refractivity (Wildman–Crippen MR) is 51.7 cm³/mol. The minimum absolute atomic E-state index is 0.656. The summed E-state index contributed by atoms with van der Waals surface area (Å²) < 4.78 is 5.06. The summed E-state index contributed by atoms with van der Waals surface area (Å²) in [4.78, 5) is 0. The number of alkyl halides is 1. The summed E-state index contributed by atoms with van der Waals surface area (Å²) in [5.74, 6) is 0. The van der Waals surface area contributed by atoms with Crippen LogP contribution in [0.5, 0.6) is 0 Å². The van der Waals surface area contributed by atoms with Gasteiger partial charge in [-0.05, 0) is 12.1 Å². The third-order valence-electron chi connectivity index (χ3n) is 1.64. The van der Waals surface area contributed by atoms with Gasteiger partial charge in [0.05, 0.1) is 10.4 Å². The van der Waals surface area contributed by atoms with Crippen molar-refractivity contribution in [1.29, 1.82) is 0 Å². The van der Waals surface area contributed by atoms with Crippen molar-refractivity contribution in [3.8, 4) is 0 Å². The third-order valence-corrected chi connectivity index (χ3v) is 2.49. The van der Waals surface area contributed by atoms with E-state index in [1.165, 1.54) is 0 Å². The molecule has 0 aliphatic heterocycles. The molecular formula is C8H5BrClNO. The Balaban J connectivity index is 2.83. The molecule has 0 radical (unpaired) electrons. The first-order valence-corrected chi connectivity index (χ1v) is 4.91. The third kappa shape index (κ3) is 1.13.